The van der Waals surface area contributed by atoms with Crippen molar-refractivity contribution in [3.63, 3.8) is 0 Å². The number of hydrogen-bond acceptors (Lipinski definition) is 3. The highest BCUT2D eigenvalue weighted by Crippen LogP contribution is 2.31. The standard InChI is InChI=1S/C28H21FN2OS/c29-24-15-16-25-26(18-24)33-28(30-25)31(19-21-7-3-1-4-8-21)27(32)17-20-11-13-23(14-12-20)22-9-5-2-6-10-22/h1-16,18H,17,19H2. The molecule has 162 valence electrons. The predicted octanol–water partition coefficient (Wildman–Crippen LogP) is 6.88. The minimum absolute atomic E-state index is 0.0501. The Morgan fingerprint density at radius 3 is 2.18 bits per heavy atom. The van der Waals surface area contributed by atoms with Crippen LogP contribution in [0.3, 0.4) is 0 Å². The summed E-state index contributed by atoms with van der Waals surface area (Å²) in [6.45, 7) is 0.407. The Labute approximate surface area is 195 Å². The van der Waals surface area contributed by atoms with E-state index < -0.39 is 0 Å². The number of thiazole rings is 1. The summed E-state index contributed by atoms with van der Waals surface area (Å²) in [5.74, 6) is -0.358. The summed E-state index contributed by atoms with van der Waals surface area (Å²) in [7, 11) is 0. The maximum atomic E-state index is 13.7. The SMILES string of the molecule is O=C(Cc1ccc(-c2ccccc2)cc1)N(Cc1ccccc1)c1nc2ccc(F)cc2s1. The van der Waals surface area contributed by atoms with Gasteiger partial charge in [-0.3, -0.25) is 9.69 Å². The zero-order valence-corrected chi connectivity index (χ0v) is 18.6. The second kappa shape index (κ2) is 9.35. The Morgan fingerprint density at radius 1 is 0.788 bits per heavy atom. The molecule has 1 aromatic heterocycles. The van der Waals surface area contributed by atoms with Crippen LogP contribution in [0.15, 0.2) is 103 Å². The first-order chi connectivity index (χ1) is 16.2. The summed E-state index contributed by atoms with van der Waals surface area (Å²) in [6, 6.07) is 32.6. The highest BCUT2D eigenvalue weighted by Gasteiger charge is 2.21. The molecule has 0 aliphatic carbocycles. The molecule has 0 atom stereocenters. The average molecular weight is 453 g/mol. The lowest BCUT2D eigenvalue weighted by atomic mass is 10.0. The van der Waals surface area contributed by atoms with Crippen LogP contribution in [-0.2, 0) is 17.8 Å². The highest BCUT2D eigenvalue weighted by molar-refractivity contribution is 7.22. The molecule has 0 saturated heterocycles. The summed E-state index contributed by atoms with van der Waals surface area (Å²) >= 11 is 1.33. The molecule has 33 heavy (non-hydrogen) atoms. The monoisotopic (exact) mass is 452 g/mol. The van der Waals surface area contributed by atoms with Gasteiger partial charge in [0.05, 0.1) is 23.2 Å². The molecule has 0 radical (unpaired) electrons. The topological polar surface area (TPSA) is 33.2 Å². The van der Waals surface area contributed by atoms with Gasteiger partial charge in [0.25, 0.3) is 0 Å². The molecular weight excluding hydrogens is 431 g/mol. The van der Waals surface area contributed by atoms with E-state index in [0.29, 0.717) is 17.2 Å². The van der Waals surface area contributed by atoms with Crippen LogP contribution in [-0.4, -0.2) is 10.9 Å². The average Bonchev–Trinajstić information content (AvgIpc) is 3.27. The van der Waals surface area contributed by atoms with Gasteiger partial charge < -0.3 is 0 Å². The third-order valence-electron chi connectivity index (χ3n) is 5.47. The number of amides is 1. The Hall–Kier alpha value is -3.83. The van der Waals surface area contributed by atoms with Gasteiger partial charge in [-0.05, 0) is 40.5 Å². The number of halogens is 1. The molecular formula is C28H21FN2OS. The van der Waals surface area contributed by atoms with E-state index in [0.717, 1.165) is 27.0 Å². The van der Waals surface area contributed by atoms with Crippen molar-refractivity contribution in [3.05, 3.63) is 120 Å². The number of anilines is 1. The summed E-state index contributed by atoms with van der Waals surface area (Å²) < 4.78 is 14.4. The molecule has 0 bridgehead atoms. The minimum atomic E-state index is -0.308. The normalized spacial score (nSPS) is 10.9. The molecule has 0 aliphatic heterocycles. The fourth-order valence-corrected chi connectivity index (χ4v) is 4.75. The van der Waals surface area contributed by atoms with Crippen LogP contribution in [0.5, 0.6) is 0 Å². The van der Waals surface area contributed by atoms with E-state index in [1.165, 1.54) is 23.5 Å². The van der Waals surface area contributed by atoms with Gasteiger partial charge in [-0.25, -0.2) is 9.37 Å². The number of hydrogen-bond donors (Lipinski definition) is 0. The Bertz CT molecular complexity index is 1380. The highest BCUT2D eigenvalue weighted by atomic mass is 32.1. The fourth-order valence-electron chi connectivity index (χ4n) is 3.75. The minimum Gasteiger partial charge on any atom is -0.283 e. The molecule has 0 saturated carbocycles. The summed E-state index contributed by atoms with van der Waals surface area (Å²) in [5, 5.41) is 0.574. The van der Waals surface area contributed by atoms with Crippen LogP contribution >= 0.6 is 11.3 Å². The lowest BCUT2D eigenvalue weighted by molar-refractivity contribution is -0.118. The van der Waals surface area contributed by atoms with Crippen molar-refractivity contribution in [3.8, 4) is 11.1 Å². The Balaban J connectivity index is 1.42. The van der Waals surface area contributed by atoms with Gasteiger partial charge in [-0.2, -0.15) is 0 Å². The molecule has 1 amide bonds. The largest absolute Gasteiger partial charge is 0.283 e. The van der Waals surface area contributed by atoms with Gasteiger partial charge in [-0.15, -0.1) is 0 Å². The summed E-state index contributed by atoms with van der Waals surface area (Å²) in [6.07, 6.45) is 0.256. The summed E-state index contributed by atoms with van der Waals surface area (Å²) in [5.41, 5.74) is 4.89. The van der Waals surface area contributed by atoms with Crippen LogP contribution in [0.4, 0.5) is 9.52 Å². The van der Waals surface area contributed by atoms with E-state index in [1.54, 1.807) is 11.0 Å². The first kappa shape index (κ1) is 21.0. The molecule has 0 unspecified atom stereocenters. The molecule has 0 fully saturated rings. The van der Waals surface area contributed by atoms with Crippen molar-refractivity contribution >= 4 is 32.6 Å². The molecule has 4 aromatic carbocycles. The second-order valence-electron chi connectivity index (χ2n) is 7.81. The molecule has 0 N–H and O–H groups in total. The molecule has 1 heterocycles. The van der Waals surface area contributed by atoms with Crippen molar-refractivity contribution in [2.75, 3.05) is 4.90 Å². The molecule has 5 heteroatoms. The van der Waals surface area contributed by atoms with Crippen LogP contribution < -0.4 is 4.90 Å². The van der Waals surface area contributed by atoms with Gasteiger partial charge in [0.2, 0.25) is 5.91 Å². The van der Waals surface area contributed by atoms with E-state index in [1.807, 2.05) is 72.8 Å². The fraction of sp³-hybridized carbons (Fsp3) is 0.0714. The second-order valence-corrected chi connectivity index (χ2v) is 8.82. The van der Waals surface area contributed by atoms with E-state index in [4.69, 9.17) is 0 Å². The number of benzene rings is 4. The molecule has 5 rings (SSSR count). The van der Waals surface area contributed by atoms with Crippen molar-refractivity contribution in [1.29, 1.82) is 0 Å². The lowest BCUT2D eigenvalue weighted by Gasteiger charge is -2.20. The zero-order valence-electron chi connectivity index (χ0n) is 17.8. The van der Waals surface area contributed by atoms with Crippen molar-refractivity contribution in [2.24, 2.45) is 0 Å². The Morgan fingerprint density at radius 2 is 1.45 bits per heavy atom. The first-order valence-corrected chi connectivity index (χ1v) is 11.5. The first-order valence-electron chi connectivity index (χ1n) is 10.7. The van der Waals surface area contributed by atoms with E-state index in [9.17, 15) is 9.18 Å². The molecule has 0 spiro atoms. The van der Waals surface area contributed by atoms with Gasteiger partial charge in [0.15, 0.2) is 5.13 Å². The molecule has 5 aromatic rings. The third-order valence-corrected chi connectivity index (χ3v) is 6.51. The van der Waals surface area contributed by atoms with Crippen molar-refractivity contribution < 1.29 is 9.18 Å². The number of nitrogens with zero attached hydrogens (tertiary/aromatic N) is 2. The number of carbonyl (C=O) groups is 1. The predicted molar refractivity (Wildman–Crippen MR) is 133 cm³/mol. The van der Waals surface area contributed by atoms with E-state index in [-0.39, 0.29) is 18.1 Å². The number of fused-ring (bicyclic) bond motifs is 1. The van der Waals surface area contributed by atoms with Gasteiger partial charge in [-0.1, -0.05) is 96.3 Å². The van der Waals surface area contributed by atoms with Crippen molar-refractivity contribution in [1.82, 2.24) is 4.98 Å². The summed E-state index contributed by atoms with van der Waals surface area (Å²) in [4.78, 5) is 19.8. The van der Waals surface area contributed by atoms with Crippen LogP contribution in [0, 0.1) is 5.82 Å². The maximum Gasteiger partial charge on any atom is 0.233 e. The molecule has 0 aliphatic rings. The van der Waals surface area contributed by atoms with Gasteiger partial charge >= 0.3 is 0 Å². The van der Waals surface area contributed by atoms with E-state index in [2.05, 4.69) is 17.1 Å². The van der Waals surface area contributed by atoms with Crippen molar-refractivity contribution in [2.45, 2.75) is 13.0 Å². The maximum absolute atomic E-state index is 13.7. The lowest BCUT2D eigenvalue weighted by Crippen LogP contribution is -2.31. The van der Waals surface area contributed by atoms with Crippen LogP contribution in [0.1, 0.15) is 11.1 Å². The van der Waals surface area contributed by atoms with Gasteiger partial charge in [0.1, 0.15) is 5.82 Å². The van der Waals surface area contributed by atoms with Crippen LogP contribution in [0.25, 0.3) is 21.3 Å². The quantitative estimate of drug-likeness (QED) is 0.281. The number of aromatic nitrogens is 1. The smallest absolute Gasteiger partial charge is 0.233 e. The third kappa shape index (κ3) is 4.83. The zero-order chi connectivity index (χ0) is 22.6. The number of carbonyl (C=O) groups excluding carboxylic acids is 1. The van der Waals surface area contributed by atoms with Gasteiger partial charge in [0, 0.05) is 0 Å². The number of rotatable bonds is 6. The Kier molecular flexibility index (Phi) is 5.96. The van der Waals surface area contributed by atoms with E-state index >= 15 is 0 Å². The molecule has 3 nitrogen and oxygen atoms in total. The van der Waals surface area contributed by atoms with Crippen LogP contribution in [0.2, 0.25) is 0 Å².